The summed E-state index contributed by atoms with van der Waals surface area (Å²) in [4.78, 5) is 0. The highest BCUT2D eigenvalue weighted by Crippen LogP contribution is 2.30. The summed E-state index contributed by atoms with van der Waals surface area (Å²) in [7, 11) is 0. The summed E-state index contributed by atoms with van der Waals surface area (Å²) in [5.41, 5.74) is 8.05. The van der Waals surface area contributed by atoms with Crippen LogP contribution in [-0.2, 0) is 0 Å². The second-order valence-corrected chi connectivity index (χ2v) is 5.02. The average molecular weight is 243 g/mol. The topological polar surface area (TPSA) is 35.2 Å². The highest BCUT2D eigenvalue weighted by Gasteiger charge is 2.27. The lowest BCUT2D eigenvalue weighted by Crippen LogP contribution is -2.47. The largest absolute Gasteiger partial charge is 0.471 e. The van der Waals surface area contributed by atoms with Crippen LogP contribution in [0.2, 0.25) is 0 Å². The summed E-state index contributed by atoms with van der Waals surface area (Å²) in [5.74, 6) is 3.45. The van der Waals surface area contributed by atoms with Crippen molar-refractivity contribution in [1.29, 1.82) is 0 Å². The van der Waals surface area contributed by atoms with Crippen molar-refractivity contribution >= 4 is 6.08 Å². The number of benzene rings is 1. The van der Waals surface area contributed by atoms with E-state index in [4.69, 9.17) is 16.9 Å². The van der Waals surface area contributed by atoms with Crippen LogP contribution in [0.25, 0.3) is 6.08 Å². The Morgan fingerprint density at radius 3 is 2.56 bits per heavy atom. The number of terminal acetylenes is 1. The standard InChI is InChI=1S/C16H21NO/c1-7-13-9-12(5)10-14(8-2)15(13)18-16(6,17)11(3)4/h1,8-11H,2,17H2,3-6H3. The highest BCUT2D eigenvalue weighted by molar-refractivity contribution is 5.63. The first-order valence-electron chi connectivity index (χ1n) is 6.03. The van der Waals surface area contributed by atoms with Crippen LogP contribution in [0.15, 0.2) is 18.7 Å². The third-order valence-corrected chi connectivity index (χ3v) is 3.11. The first-order valence-corrected chi connectivity index (χ1v) is 6.03. The van der Waals surface area contributed by atoms with Crippen molar-refractivity contribution in [2.45, 2.75) is 33.4 Å². The lowest BCUT2D eigenvalue weighted by atomic mass is 10.0. The van der Waals surface area contributed by atoms with Crippen molar-refractivity contribution in [2.24, 2.45) is 11.7 Å². The maximum atomic E-state index is 6.15. The molecule has 0 amide bonds. The fourth-order valence-electron chi connectivity index (χ4n) is 1.51. The van der Waals surface area contributed by atoms with Gasteiger partial charge < -0.3 is 4.74 Å². The molecule has 0 radical (unpaired) electrons. The Hall–Kier alpha value is -1.72. The molecule has 2 nitrogen and oxygen atoms in total. The van der Waals surface area contributed by atoms with Crippen LogP contribution in [0, 0.1) is 25.2 Å². The van der Waals surface area contributed by atoms with E-state index in [1.165, 1.54) is 0 Å². The lowest BCUT2D eigenvalue weighted by Gasteiger charge is -2.31. The Kier molecular flexibility index (Phi) is 4.21. The van der Waals surface area contributed by atoms with Gasteiger partial charge in [-0.05, 0) is 31.5 Å². The van der Waals surface area contributed by atoms with Crippen molar-refractivity contribution in [3.05, 3.63) is 35.4 Å². The van der Waals surface area contributed by atoms with Crippen LogP contribution in [0.5, 0.6) is 5.75 Å². The summed E-state index contributed by atoms with van der Waals surface area (Å²) in [5, 5.41) is 0. The molecule has 2 heteroatoms. The van der Waals surface area contributed by atoms with Crippen LogP contribution in [0.4, 0.5) is 0 Å². The molecule has 0 aliphatic heterocycles. The fraction of sp³-hybridized carbons (Fsp3) is 0.375. The molecule has 96 valence electrons. The molecule has 1 rings (SSSR count). The predicted octanol–water partition coefficient (Wildman–Crippen LogP) is 3.33. The van der Waals surface area contributed by atoms with Crippen LogP contribution in [0.1, 0.15) is 37.5 Å². The van der Waals surface area contributed by atoms with E-state index in [1.807, 2.05) is 39.8 Å². The Labute approximate surface area is 110 Å². The number of hydrogen-bond donors (Lipinski definition) is 1. The minimum Gasteiger partial charge on any atom is -0.471 e. The monoisotopic (exact) mass is 243 g/mol. The zero-order valence-corrected chi connectivity index (χ0v) is 11.6. The SMILES string of the molecule is C#Cc1cc(C)cc(C=C)c1OC(C)(N)C(C)C. The summed E-state index contributed by atoms with van der Waals surface area (Å²) in [6, 6.07) is 3.90. The Morgan fingerprint density at radius 1 is 1.50 bits per heavy atom. The molecule has 1 unspecified atom stereocenters. The van der Waals surface area contributed by atoms with Crippen LogP contribution < -0.4 is 10.5 Å². The van der Waals surface area contributed by atoms with E-state index in [9.17, 15) is 0 Å². The van der Waals surface area contributed by atoms with Crippen LogP contribution >= 0.6 is 0 Å². The third kappa shape index (κ3) is 2.94. The molecule has 0 spiro atoms. The summed E-state index contributed by atoms with van der Waals surface area (Å²) in [6.45, 7) is 11.7. The molecule has 0 saturated heterocycles. The van der Waals surface area contributed by atoms with Gasteiger partial charge in [-0.15, -0.1) is 6.42 Å². The van der Waals surface area contributed by atoms with Gasteiger partial charge in [-0.25, -0.2) is 0 Å². The maximum Gasteiger partial charge on any atom is 0.158 e. The van der Waals surface area contributed by atoms with Crippen molar-refractivity contribution in [3.63, 3.8) is 0 Å². The van der Waals surface area contributed by atoms with Crippen molar-refractivity contribution < 1.29 is 4.74 Å². The molecule has 0 bridgehead atoms. The van der Waals surface area contributed by atoms with Gasteiger partial charge in [0.2, 0.25) is 0 Å². The number of aryl methyl sites for hydroxylation is 1. The van der Waals surface area contributed by atoms with Gasteiger partial charge in [0.15, 0.2) is 5.72 Å². The predicted molar refractivity (Wildman–Crippen MR) is 77.3 cm³/mol. The second-order valence-electron chi connectivity index (χ2n) is 5.02. The number of rotatable bonds is 4. The van der Waals surface area contributed by atoms with Gasteiger partial charge in [-0.3, -0.25) is 5.73 Å². The maximum absolute atomic E-state index is 6.15. The van der Waals surface area contributed by atoms with E-state index in [0.717, 1.165) is 11.1 Å². The molecule has 0 aliphatic carbocycles. The molecule has 1 atom stereocenters. The minimum absolute atomic E-state index is 0.169. The number of ether oxygens (including phenoxy) is 1. The molecular weight excluding hydrogens is 222 g/mol. The van der Waals surface area contributed by atoms with E-state index in [2.05, 4.69) is 12.5 Å². The molecule has 0 saturated carbocycles. The zero-order valence-electron chi connectivity index (χ0n) is 11.6. The Morgan fingerprint density at radius 2 is 2.11 bits per heavy atom. The average Bonchev–Trinajstić information content (AvgIpc) is 2.30. The molecule has 1 aromatic carbocycles. The molecule has 0 aliphatic rings. The lowest BCUT2D eigenvalue weighted by molar-refractivity contribution is 0.0467. The first kappa shape index (κ1) is 14.3. The smallest absolute Gasteiger partial charge is 0.158 e. The molecule has 2 N–H and O–H groups in total. The van der Waals surface area contributed by atoms with Gasteiger partial charge in [0.05, 0.1) is 5.56 Å². The van der Waals surface area contributed by atoms with Crippen molar-refractivity contribution in [2.75, 3.05) is 0 Å². The highest BCUT2D eigenvalue weighted by atomic mass is 16.5. The van der Waals surface area contributed by atoms with E-state index in [0.29, 0.717) is 11.3 Å². The van der Waals surface area contributed by atoms with Gasteiger partial charge in [0.1, 0.15) is 5.75 Å². The molecule has 0 aromatic heterocycles. The second kappa shape index (κ2) is 5.29. The minimum atomic E-state index is -0.765. The Bertz CT molecular complexity index is 493. The summed E-state index contributed by atoms with van der Waals surface area (Å²) in [6.07, 6.45) is 7.27. The number of hydrogen-bond acceptors (Lipinski definition) is 2. The van der Waals surface area contributed by atoms with Gasteiger partial charge in [-0.2, -0.15) is 0 Å². The van der Waals surface area contributed by atoms with E-state index in [1.54, 1.807) is 6.08 Å². The quantitative estimate of drug-likeness (QED) is 0.650. The van der Waals surface area contributed by atoms with Gasteiger partial charge >= 0.3 is 0 Å². The van der Waals surface area contributed by atoms with Crippen LogP contribution in [-0.4, -0.2) is 5.72 Å². The van der Waals surface area contributed by atoms with E-state index < -0.39 is 5.72 Å². The normalized spacial score (nSPS) is 13.8. The third-order valence-electron chi connectivity index (χ3n) is 3.11. The first-order chi connectivity index (χ1) is 8.31. The molecular formula is C16H21NO. The van der Waals surface area contributed by atoms with E-state index >= 15 is 0 Å². The van der Waals surface area contributed by atoms with Crippen molar-refractivity contribution in [1.82, 2.24) is 0 Å². The molecule has 0 fully saturated rings. The number of nitrogens with two attached hydrogens (primary N) is 1. The zero-order chi connectivity index (χ0) is 13.9. The molecule has 0 heterocycles. The fourth-order valence-corrected chi connectivity index (χ4v) is 1.51. The Balaban J connectivity index is 3.32. The van der Waals surface area contributed by atoms with Gasteiger partial charge in [0, 0.05) is 11.5 Å². The van der Waals surface area contributed by atoms with Gasteiger partial charge in [0.25, 0.3) is 0 Å². The molecule has 1 aromatic rings. The molecule has 18 heavy (non-hydrogen) atoms. The summed E-state index contributed by atoms with van der Waals surface area (Å²) >= 11 is 0. The van der Waals surface area contributed by atoms with E-state index in [-0.39, 0.29) is 5.92 Å². The van der Waals surface area contributed by atoms with Crippen molar-refractivity contribution in [3.8, 4) is 18.1 Å². The van der Waals surface area contributed by atoms with Gasteiger partial charge in [-0.1, -0.05) is 32.4 Å². The summed E-state index contributed by atoms with van der Waals surface area (Å²) < 4.78 is 5.93. The van der Waals surface area contributed by atoms with Crippen LogP contribution in [0.3, 0.4) is 0 Å².